The van der Waals surface area contributed by atoms with Gasteiger partial charge < -0.3 is 0 Å². The number of hydrogen-bond acceptors (Lipinski definition) is 3. The molecular formula is C8H7ClN2O3S. The normalized spacial score (nSPS) is 12.1. The van der Waals surface area contributed by atoms with Gasteiger partial charge in [0.15, 0.2) is 0 Å². The number of nitrogens with one attached hydrogen (secondary N) is 1. The van der Waals surface area contributed by atoms with Crippen LogP contribution in [0.5, 0.6) is 0 Å². The number of benzene rings is 1. The summed E-state index contributed by atoms with van der Waals surface area (Å²) in [7, 11) is 2.97. The van der Waals surface area contributed by atoms with E-state index in [0.29, 0.717) is 10.9 Å². The van der Waals surface area contributed by atoms with Gasteiger partial charge in [0.2, 0.25) is 0 Å². The van der Waals surface area contributed by atoms with Crippen molar-refractivity contribution in [1.29, 1.82) is 0 Å². The third-order valence-corrected chi connectivity index (χ3v) is 3.45. The van der Waals surface area contributed by atoms with Crippen molar-refractivity contribution in [3.8, 4) is 0 Å². The maximum Gasteiger partial charge on any atom is 0.274 e. The van der Waals surface area contributed by atoms with Crippen molar-refractivity contribution in [1.82, 2.24) is 9.78 Å². The Balaban J connectivity index is 2.84. The summed E-state index contributed by atoms with van der Waals surface area (Å²) in [6.45, 7) is 0. The Morgan fingerprint density at radius 1 is 1.40 bits per heavy atom. The summed E-state index contributed by atoms with van der Waals surface area (Å²) in [6, 6.07) is 4.07. The monoisotopic (exact) mass is 246 g/mol. The van der Waals surface area contributed by atoms with Gasteiger partial charge >= 0.3 is 0 Å². The van der Waals surface area contributed by atoms with E-state index in [2.05, 4.69) is 5.10 Å². The van der Waals surface area contributed by atoms with Crippen molar-refractivity contribution >= 4 is 30.6 Å². The average molecular weight is 247 g/mol. The third kappa shape index (κ3) is 1.66. The van der Waals surface area contributed by atoms with Crippen LogP contribution in [0.4, 0.5) is 0 Å². The van der Waals surface area contributed by atoms with E-state index in [1.165, 1.54) is 22.9 Å². The van der Waals surface area contributed by atoms with Gasteiger partial charge in [0.25, 0.3) is 14.6 Å². The number of hydrogen-bond donors (Lipinski definition) is 1. The second kappa shape index (κ2) is 3.11. The second-order valence-electron chi connectivity index (χ2n) is 3.12. The van der Waals surface area contributed by atoms with Gasteiger partial charge in [-0.3, -0.25) is 14.6 Å². The van der Waals surface area contributed by atoms with Gasteiger partial charge in [-0.25, -0.2) is 8.42 Å². The number of nitrogens with zero attached hydrogens (tertiary/aromatic N) is 1. The molecule has 0 radical (unpaired) electrons. The molecule has 0 fully saturated rings. The quantitative estimate of drug-likeness (QED) is 0.757. The predicted molar refractivity (Wildman–Crippen MR) is 56.6 cm³/mol. The van der Waals surface area contributed by atoms with Gasteiger partial charge in [0.05, 0.1) is 15.8 Å². The smallest absolute Gasteiger partial charge is 0.274 e. The number of H-pyrrole nitrogens is 1. The summed E-state index contributed by atoms with van der Waals surface area (Å²) in [5.74, 6) is 0. The van der Waals surface area contributed by atoms with Crippen LogP contribution in [0.3, 0.4) is 0 Å². The molecule has 0 aliphatic heterocycles. The molecule has 1 heterocycles. The minimum atomic E-state index is -3.76. The first-order valence-corrected chi connectivity index (χ1v) is 6.34. The summed E-state index contributed by atoms with van der Waals surface area (Å²) in [5.41, 5.74) is 0.243. The fraction of sp³-hybridized carbons (Fsp3) is 0.125. The summed E-state index contributed by atoms with van der Waals surface area (Å²) in [5, 5.41) is 3.15. The standard InChI is InChI=1S/C8H7ClN2O3S/c1-11-8(12)6-3-2-5(15(9,13)14)4-7(6)10-11/h2-4,10H,1H3. The highest BCUT2D eigenvalue weighted by molar-refractivity contribution is 8.13. The van der Waals surface area contributed by atoms with Crippen molar-refractivity contribution in [2.24, 2.45) is 7.05 Å². The lowest BCUT2D eigenvalue weighted by molar-refractivity contribution is 0.609. The van der Waals surface area contributed by atoms with E-state index in [4.69, 9.17) is 10.7 Å². The van der Waals surface area contributed by atoms with Crippen molar-refractivity contribution in [3.63, 3.8) is 0 Å². The molecule has 0 bridgehead atoms. The molecule has 0 atom stereocenters. The zero-order chi connectivity index (χ0) is 11.2. The van der Waals surface area contributed by atoms with Crippen LogP contribution < -0.4 is 5.56 Å². The Kier molecular flexibility index (Phi) is 2.13. The highest BCUT2D eigenvalue weighted by Crippen LogP contribution is 2.18. The molecule has 1 N–H and O–H groups in total. The summed E-state index contributed by atoms with van der Waals surface area (Å²) >= 11 is 0. The zero-order valence-electron chi connectivity index (χ0n) is 7.69. The molecule has 0 unspecified atom stereocenters. The van der Waals surface area contributed by atoms with E-state index in [-0.39, 0.29) is 10.5 Å². The second-order valence-corrected chi connectivity index (χ2v) is 5.69. The number of rotatable bonds is 1. The maximum absolute atomic E-state index is 11.4. The highest BCUT2D eigenvalue weighted by Gasteiger charge is 2.12. The van der Waals surface area contributed by atoms with Gasteiger partial charge in [-0.2, -0.15) is 0 Å². The minimum absolute atomic E-state index is 0.0292. The van der Waals surface area contributed by atoms with Crippen LogP contribution in [0, 0.1) is 0 Å². The number of aromatic amines is 1. The number of fused-ring (bicyclic) bond motifs is 1. The lowest BCUT2D eigenvalue weighted by Gasteiger charge is -1.94. The van der Waals surface area contributed by atoms with E-state index in [1.807, 2.05) is 0 Å². The Bertz CT molecular complexity index is 683. The average Bonchev–Trinajstić information content (AvgIpc) is 2.41. The van der Waals surface area contributed by atoms with Gasteiger partial charge in [0, 0.05) is 17.7 Å². The third-order valence-electron chi connectivity index (χ3n) is 2.10. The lowest BCUT2D eigenvalue weighted by atomic mass is 10.2. The number of aryl methyl sites for hydroxylation is 1. The van der Waals surface area contributed by atoms with Crippen molar-refractivity contribution in [2.45, 2.75) is 4.90 Å². The first-order valence-electron chi connectivity index (χ1n) is 4.03. The summed E-state index contributed by atoms with van der Waals surface area (Å²) in [4.78, 5) is 11.4. The van der Waals surface area contributed by atoms with Gasteiger partial charge in [-0.05, 0) is 18.2 Å². The van der Waals surface area contributed by atoms with E-state index in [0.717, 1.165) is 0 Å². The van der Waals surface area contributed by atoms with Crippen LogP contribution in [-0.4, -0.2) is 18.2 Å². The van der Waals surface area contributed by atoms with Crippen molar-refractivity contribution in [3.05, 3.63) is 28.6 Å². The van der Waals surface area contributed by atoms with Crippen LogP contribution in [0.1, 0.15) is 0 Å². The molecule has 2 aromatic rings. The topological polar surface area (TPSA) is 71.9 Å². The highest BCUT2D eigenvalue weighted by atomic mass is 35.7. The molecule has 15 heavy (non-hydrogen) atoms. The number of halogens is 1. The van der Waals surface area contributed by atoms with Crippen LogP contribution in [0.15, 0.2) is 27.9 Å². The molecule has 1 aromatic carbocycles. The van der Waals surface area contributed by atoms with Gasteiger partial charge in [-0.1, -0.05) is 0 Å². The molecule has 0 amide bonds. The molecule has 5 nitrogen and oxygen atoms in total. The maximum atomic E-state index is 11.4. The largest absolute Gasteiger partial charge is 0.295 e. The molecule has 0 saturated heterocycles. The Hall–Kier alpha value is -1.27. The van der Waals surface area contributed by atoms with Crippen LogP contribution in [0.2, 0.25) is 0 Å². The predicted octanol–water partition coefficient (Wildman–Crippen LogP) is 0.794. The fourth-order valence-electron chi connectivity index (χ4n) is 1.37. The fourth-order valence-corrected chi connectivity index (χ4v) is 2.14. The van der Waals surface area contributed by atoms with E-state index < -0.39 is 9.05 Å². The lowest BCUT2D eigenvalue weighted by Crippen LogP contribution is -2.10. The van der Waals surface area contributed by atoms with Crippen molar-refractivity contribution < 1.29 is 8.42 Å². The van der Waals surface area contributed by atoms with Crippen LogP contribution in [-0.2, 0) is 16.1 Å². The Morgan fingerprint density at radius 3 is 2.67 bits per heavy atom. The zero-order valence-corrected chi connectivity index (χ0v) is 9.26. The molecule has 7 heteroatoms. The van der Waals surface area contributed by atoms with Crippen LogP contribution >= 0.6 is 10.7 Å². The summed E-state index contributed by atoms with van der Waals surface area (Å²) in [6.07, 6.45) is 0. The van der Waals surface area contributed by atoms with E-state index >= 15 is 0 Å². The molecule has 80 valence electrons. The Labute approximate surface area is 89.7 Å². The van der Waals surface area contributed by atoms with Crippen molar-refractivity contribution in [2.75, 3.05) is 0 Å². The van der Waals surface area contributed by atoms with Gasteiger partial charge in [0.1, 0.15) is 0 Å². The minimum Gasteiger partial charge on any atom is -0.295 e. The molecule has 0 saturated carbocycles. The van der Waals surface area contributed by atoms with E-state index in [1.54, 1.807) is 7.05 Å². The van der Waals surface area contributed by atoms with Gasteiger partial charge in [-0.15, -0.1) is 0 Å². The number of aromatic nitrogens is 2. The summed E-state index contributed by atoms with van der Waals surface area (Å²) < 4.78 is 23.3. The first kappa shape index (κ1) is 10.3. The molecule has 0 aliphatic carbocycles. The first-order chi connectivity index (χ1) is 6.89. The molecule has 0 aliphatic rings. The Morgan fingerprint density at radius 2 is 2.07 bits per heavy atom. The molecule has 0 spiro atoms. The van der Waals surface area contributed by atoms with E-state index in [9.17, 15) is 13.2 Å². The van der Waals surface area contributed by atoms with Crippen LogP contribution in [0.25, 0.3) is 10.9 Å². The molecule has 2 rings (SSSR count). The molecular weight excluding hydrogens is 240 g/mol. The SMILES string of the molecule is Cn1[nH]c2cc(S(=O)(=O)Cl)ccc2c1=O. The molecule has 1 aromatic heterocycles.